The van der Waals surface area contributed by atoms with Crippen LogP contribution in [0, 0.1) is 12.8 Å². The summed E-state index contributed by atoms with van der Waals surface area (Å²) in [5, 5.41) is 2.91. The Balaban J connectivity index is 1.44. The molecule has 0 aromatic heterocycles. The zero-order valence-electron chi connectivity index (χ0n) is 14.7. The van der Waals surface area contributed by atoms with Crippen molar-refractivity contribution in [1.82, 2.24) is 10.2 Å². The Labute approximate surface area is 148 Å². The SMILES string of the molecule is Cc1ccc(N2C[C@H](C(=O)NCCCN3CCCC3=O)CC2=O)cc1. The third-order valence-electron chi connectivity index (χ3n) is 4.92. The molecule has 6 nitrogen and oxygen atoms in total. The van der Waals surface area contributed by atoms with Crippen molar-refractivity contribution in [2.75, 3.05) is 31.1 Å². The van der Waals surface area contributed by atoms with Crippen LogP contribution in [-0.2, 0) is 14.4 Å². The molecule has 2 heterocycles. The predicted molar refractivity (Wildman–Crippen MR) is 95.1 cm³/mol. The number of amides is 3. The molecule has 0 unspecified atom stereocenters. The van der Waals surface area contributed by atoms with Gasteiger partial charge in [-0.2, -0.15) is 0 Å². The number of rotatable bonds is 6. The molecule has 0 aliphatic carbocycles. The first kappa shape index (κ1) is 17.5. The van der Waals surface area contributed by atoms with Gasteiger partial charge in [0.25, 0.3) is 0 Å². The lowest BCUT2D eigenvalue weighted by Gasteiger charge is -2.17. The number of aryl methyl sites for hydroxylation is 1. The first-order valence-corrected chi connectivity index (χ1v) is 8.97. The minimum absolute atomic E-state index is 0.00772. The first-order valence-electron chi connectivity index (χ1n) is 8.97. The Bertz CT molecular complexity index is 656. The summed E-state index contributed by atoms with van der Waals surface area (Å²) in [6.07, 6.45) is 2.58. The van der Waals surface area contributed by atoms with E-state index in [0.717, 1.165) is 30.6 Å². The predicted octanol–water partition coefficient (Wildman–Crippen LogP) is 1.48. The van der Waals surface area contributed by atoms with E-state index in [9.17, 15) is 14.4 Å². The van der Waals surface area contributed by atoms with Crippen molar-refractivity contribution < 1.29 is 14.4 Å². The van der Waals surface area contributed by atoms with E-state index in [2.05, 4.69) is 5.32 Å². The molecule has 134 valence electrons. The van der Waals surface area contributed by atoms with E-state index < -0.39 is 0 Å². The monoisotopic (exact) mass is 343 g/mol. The van der Waals surface area contributed by atoms with Gasteiger partial charge in [0, 0.05) is 44.7 Å². The van der Waals surface area contributed by atoms with Gasteiger partial charge in [0.15, 0.2) is 0 Å². The van der Waals surface area contributed by atoms with Crippen LogP contribution in [0.1, 0.15) is 31.2 Å². The summed E-state index contributed by atoms with van der Waals surface area (Å²) in [6, 6.07) is 7.77. The van der Waals surface area contributed by atoms with Crippen LogP contribution < -0.4 is 10.2 Å². The molecule has 0 radical (unpaired) electrons. The average Bonchev–Trinajstić information content (AvgIpc) is 3.18. The van der Waals surface area contributed by atoms with Crippen molar-refractivity contribution in [2.45, 2.75) is 32.6 Å². The lowest BCUT2D eigenvalue weighted by Crippen LogP contribution is -2.35. The third-order valence-corrected chi connectivity index (χ3v) is 4.92. The van der Waals surface area contributed by atoms with E-state index in [0.29, 0.717) is 26.1 Å². The molecule has 3 amide bonds. The van der Waals surface area contributed by atoms with Crippen LogP contribution >= 0.6 is 0 Å². The number of carbonyl (C=O) groups excluding carboxylic acids is 3. The minimum atomic E-state index is -0.303. The fourth-order valence-electron chi connectivity index (χ4n) is 3.42. The van der Waals surface area contributed by atoms with E-state index in [1.807, 2.05) is 36.1 Å². The number of benzene rings is 1. The molecule has 1 aromatic carbocycles. The number of likely N-dealkylation sites (tertiary alicyclic amines) is 1. The number of hydrogen-bond donors (Lipinski definition) is 1. The lowest BCUT2D eigenvalue weighted by molar-refractivity contribution is -0.127. The Morgan fingerprint density at radius 1 is 1.20 bits per heavy atom. The van der Waals surface area contributed by atoms with E-state index in [-0.39, 0.29) is 30.1 Å². The van der Waals surface area contributed by atoms with Crippen LogP contribution in [0.4, 0.5) is 5.69 Å². The van der Waals surface area contributed by atoms with Crippen LogP contribution in [0.3, 0.4) is 0 Å². The van der Waals surface area contributed by atoms with E-state index in [1.165, 1.54) is 0 Å². The summed E-state index contributed by atoms with van der Waals surface area (Å²) in [5.41, 5.74) is 1.99. The van der Waals surface area contributed by atoms with Crippen molar-refractivity contribution in [1.29, 1.82) is 0 Å². The van der Waals surface area contributed by atoms with Crippen LogP contribution in [0.25, 0.3) is 0 Å². The number of nitrogens with one attached hydrogen (secondary N) is 1. The normalized spacial score (nSPS) is 20.4. The van der Waals surface area contributed by atoms with Gasteiger partial charge in [0.05, 0.1) is 5.92 Å². The van der Waals surface area contributed by atoms with Gasteiger partial charge in [-0.3, -0.25) is 14.4 Å². The highest BCUT2D eigenvalue weighted by Crippen LogP contribution is 2.25. The molecule has 1 N–H and O–H groups in total. The smallest absolute Gasteiger partial charge is 0.227 e. The molecule has 2 saturated heterocycles. The fourth-order valence-corrected chi connectivity index (χ4v) is 3.42. The summed E-state index contributed by atoms with van der Waals surface area (Å²) in [6.45, 7) is 4.49. The quantitative estimate of drug-likeness (QED) is 0.796. The lowest BCUT2D eigenvalue weighted by atomic mass is 10.1. The van der Waals surface area contributed by atoms with E-state index in [1.54, 1.807) is 4.90 Å². The molecule has 25 heavy (non-hydrogen) atoms. The van der Waals surface area contributed by atoms with Gasteiger partial charge in [-0.15, -0.1) is 0 Å². The van der Waals surface area contributed by atoms with Crippen LogP contribution in [0.15, 0.2) is 24.3 Å². The summed E-state index contributed by atoms with van der Waals surface area (Å²) < 4.78 is 0. The van der Waals surface area contributed by atoms with Crippen molar-refractivity contribution in [3.8, 4) is 0 Å². The highest BCUT2D eigenvalue weighted by molar-refractivity contribution is 6.00. The molecular formula is C19H25N3O3. The summed E-state index contributed by atoms with van der Waals surface area (Å²) in [5.74, 6) is -0.175. The second-order valence-corrected chi connectivity index (χ2v) is 6.87. The Kier molecular flexibility index (Phi) is 5.36. The van der Waals surface area contributed by atoms with E-state index in [4.69, 9.17) is 0 Å². The average molecular weight is 343 g/mol. The number of hydrogen-bond acceptors (Lipinski definition) is 3. The zero-order chi connectivity index (χ0) is 17.8. The molecule has 2 fully saturated rings. The van der Waals surface area contributed by atoms with Crippen molar-refractivity contribution >= 4 is 23.4 Å². The maximum absolute atomic E-state index is 12.3. The molecule has 1 aromatic rings. The topological polar surface area (TPSA) is 69.7 Å². The van der Waals surface area contributed by atoms with Gasteiger partial charge in [0.1, 0.15) is 0 Å². The van der Waals surface area contributed by atoms with Gasteiger partial charge >= 0.3 is 0 Å². The Hall–Kier alpha value is -2.37. The maximum atomic E-state index is 12.3. The molecule has 0 bridgehead atoms. The molecule has 0 saturated carbocycles. The van der Waals surface area contributed by atoms with Gasteiger partial charge in [0.2, 0.25) is 17.7 Å². The molecule has 1 atom stereocenters. The summed E-state index contributed by atoms with van der Waals surface area (Å²) in [4.78, 5) is 39.6. The third kappa shape index (κ3) is 4.18. The van der Waals surface area contributed by atoms with Gasteiger partial charge in [-0.1, -0.05) is 17.7 Å². The second kappa shape index (κ2) is 7.68. The molecule has 2 aliphatic heterocycles. The molecule has 3 rings (SSSR count). The van der Waals surface area contributed by atoms with Crippen molar-refractivity contribution in [3.05, 3.63) is 29.8 Å². The van der Waals surface area contributed by atoms with Crippen molar-refractivity contribution in [3.63, 3.8) is 0 Å². The van der Waals surface area contributed by atoms with Crippen molar-refractivity contribution in [2.24, 2.45) is 5.92 Å². The van der Waals surface area contributed by atoms with Gasteiger partial charge in [-0.05, 0) is 31.9 Å². The summed E-state index contributed by atoms with van der Waals surface area (Å²) >= 11 is 0. The van der Waals surface area contributed by atoms with Gasteiger partial charge < -0.3 is 15.1 Å². The maximum Gasteiger partial charge on any atom is 0.227 e. The zero-order valence-corrected chi connectivity index (χ0v) is 14.7. The van der Waals surface area contributed by atoms with E-state index >= 15 is 0 Å². The molecule has 6 heteroatoms. The molecular weight excluding hydrogens is 318 g/mol. The highest BCUT2D eigenvalue weighted by Gasteiger charge is 2.34. The first-order chi connectivity index (χ1) is 12.0. The van der Waals surface area contributed by atoms with Crippen LogP contribution in [-0.4, -0.2) is 48.8 Å². The summed E-state index contributed by atoms with van der Waals surface area (Å²) in [7, 11) is 0. The Morgan fingerprint density at radius 3 is 2.64 bits per heavy atom. The fraction of sp³-hybridized carbons (Fsp3) is 0.526. The van der Waals surface area contributed by atoms with Gasteiger partial charge in [-0.25, -0.2) is 0 Å². The number of anilines is 1. The number of nitrogens with zero attached hydrogens (tertiary/aromatic N) is 2. The Morgan fingerprint density at radius 2 is 1.96 bits per heavy atom. The largest absolute Gasteiger partial charge is 0.356 e. The molecule has 0 spiro atoms. The standard InChI is InChI=1S/C19H25N3O3/c1-14-5-7-16(8-6-14)22-13-15(12-18(22)24)19(25)20-9-3-11-21-10-2-4-17(21)23/h5-8,15H,2-4,9-13H2,1H3,(H,20,25)/t15-/m1/s1. The molecule has 2 aliphatic rings. The van der Waals surface area contributed by atoms with Crippen LogP contribution in [0.2, 0.25) is 0 Å². The number of carbonyl (C=O) groups is 3. The highest BCUT2D eigenvalue weighted by atomic mass is 16.2. The second-order valence-electron chi connectivity index (χ2n) is 6.87. The van der Waals surface area contributed by atoms with Crippen LogP contribution in [0.5, 0.6) is 0 Å². The minimum Gasteiger partial charge on any atom is -0.356 e.